The van der Waals surface area contributed by atoms with Gasteiger partial charge in [0.2, 0.25) is 0 Å². The number of aromatic nitrogens is 2. The summed E-state index contributed by atoms with van der Waals surface area (Å²) in [5, 5.41) is 3.58. The van der Waals surface area contributed by atoms with Gasteiger partial charge in [0.15, 0.2) is 5.82 Å². The molecule has 0 saturated carbocycles. The van der Waals surface area contributed by atoms with Crippen molar-refractivity contribution in [2.24, 2.45) is 0 Å². The van der Waals surface area contributed by atoms with Crippen LogP contribution in [0.4, 0.5) is 17.2 Å². The van der Waals surface area contributed by atoms with E-state index >= 15 is 0 Å². The van der Waals surface area contributed by atoms with E-state index in [-0.39, 0.29) is 27.1 Å². The second kappa shape index (κ2) is 10.8. The lowest BCUT2D eigenvalue weighted by Crippen LogP contribution is -2.25. The van der Waals surface area contributed by atoms with Gasteiger partial charge in [-0.1, -0.05) is 65.1 Å². The molecule has 174 valence electrons. The van der Waals surface area contributed by atoms with Gasteiger partial charge in [-0.3, -0.25) is 9.35 Å². The highest BCUT2D eigenvalue weighted by Gasteiger charge is 2.27. The van der Waals surface area contributed by atoms with E-state index in [0.717, 1.165) is 21.6 Å². The number of carbonyl (C=O) groups excluding carboxylic acids is 1. The van der Waals surface area contributed by atoms with Crippen molar-refractivity contribution in [3.05, 3.63) is 98.6 Å². The van der Waals surface area contributed by atoms with Crippen LogP contribution in [0.25, 0.3) is 0 Å². The number of halogens is 3. The number of benzene rings is 3. The van der Waals surface area contributed by atoms with Gasteiger partial charge in [-0.2, -0.15) is 8.75 Å². The monoisotopic (exact) mass is 552 g/mol. The summed E-state index contributed by atoms with van der Waals surface area (Å²) >= 11 is 16.5. The van der Waals surface area contributed by atoms with E-state index in [1.807, 2.05) is 30.3 Å². The fourth-order valence-electron chi connectivity index (χ4n) is 3.17. The number of hydrogen-bond acceptors (Lipinski definition) is 5. The zero-order valence-corrected chi connectivity index (χ0v) is 21.0. The number of carbonyl (C=O) groups is 1. The Labute approximate surface area is 217 Å². The molecule has 0 fully saturated rings. The van der Waals surface area contributed by atoms with Crippen molar-refractivity contribution in [1.82, 2.24) is 8.75 Å². The van der Waals surface area contributed by atoms with E-state index in [1.165, 1.54) is 24.3 Å². The molecular formula is C22H15Cl3N4O3S2. The molecule has 4 rings (SSSR count). The number of rotatable bonds is 7. The Bertz CT molecular complexity index is 1370. The van der Waals surface area contributed by atoms with Crippen molar-refractivity contribution in [2.75, 3.05) is 9.62 Å². The third-order valence-corrected chi connectivity index (χ3v) is 6.91. The minimum Gasteiger partial charge on any atom is -0.322 e. The van der Waals surface area contributed by atoms with Crippen LogP contribution in [0.5, 0.6) is 0 Å². The Morgan fingerprint density at radius 1 is 1.00 bits per heavy atom. The third-order valence-electron chi connectivity index (χ3n) is 4.70. The molecule has 3 aromatic carbocycles. The quantitative estimate of drug-likeness (QED) is 0.251. The summed E-state index contributed by atoms with van der Waals surface area (Å²) in [7, 11) is 0. The second-order valence-electron chi connectivity index (χ2n) is 6.97. The largest absolute Gasteiger partial charge is 0.322 e. The Balaban J connectivity index is 1.73. The maximum Gasteiger partial charge on any atom is 0.268 e. The highest BCUT2D eigenvalue weighted by atomic mass is 35.5. The normalized spacial score (nSPS) is 11.8. The minimum absolute atomic E-state index is 0.0552. The van der Waals surface area contributed by atoms with Gasteiger partial charge >= 0.3 is 0 Å². The molecule has 34 heavy (non-hydrogen) atoms. The maximum atomic E-state index is 13.2. The van der Waals surface area contributed by atoms with Crippen molar-refractivity contribution in [1.29, 1.82) is 0 Å². The standard InChI is InChI=1S/C22H15Cl3N4O3S2/c23-14-6-9-20(16(11-14)22(30)26-15-7-8-17(24)18(25)12-15)29(34(31)32)21-19(27-33-28-21)10-13-4-2-1-3-5-13/h1-9,11-12H,10H2,(H,26,30)(H,31,32). The molecular weight excluding hydrogens is 539 g/mol. The Morgan fingerprint density at radius 3 is 2.47 bits per heavy atom. The molecule has 1 unspecified atom stereocenters. The second-order valence-corrected chi connectivity index (χ2v) is 9.57. The fraction of sp³-hybridized carbons (Fsp3) is 0.0455. The van der Waals surface area contributed by atoms with Gasteiger partial charge in [0, 0.05) is 17.1 Å². The predicted molar refractivity (Wildman–Crippen MR) is 138 cm³/mol. The van der Waals surface area contributed by atoms with Crippen LogP contribution >= 0.6 is 46.5 Å². The van der Waals surface area contributed by atoms with Crippen LogP contribution in [0.15, 0.2) is 66.7 Å². The summed E-state index contributed by atoms with van der Waals surface area (Å²) in [6, 6.07) is 18.5. The van der Waals surface area contributed by atoms with Gasteiger partial charge < -0.3 is 5.32 Å². The van der Waals surface area contributed by atoms with E-state index in [9.17, 15) is 13.6 Å². The highest BCUT2D eigenvalue weighted by molar-refractivity contribution is 7.81. The van der Waals surface area contributed by atoms with Crippen molar-refractivity contribution in [3.8, 4) is 0 Å². The van der Waals surface area contributed by atoms with Gasteiger partial charge in [0.1, 0.15) is 5.69 Å². The number of anilines is 3. The van der Waals surface area contributed by atoms with Crippen LogP contribution in [-0.2, 0) is 17.7 Å². The molecule has 0 spiro atoms. The average Bonchev–Trinajstić information content (AvgIpc) is 3.25. The van der Waals surface area contributed by atoms with Gasteiger partial charge in [0.25, 0.3) is 17.2 Å². The van der Waals surface area contributed by atoms with Crippen LogP contribution in [0, 0.1) is 0 Å². The first-order valence-corrected chi connectivity index (χ1v) is 12.6. The van der Waals surface area contributed by atoms with E-state index in [2.05, 4.69) is 14.1 Å². The van der Waals surface area contributed by atoms with E-state index < -0.39 is 17.2 Å². The molecule has 4 aromatic rings. The summed E-state index contributed by atoms with van der Waals surface area (Å²) in [4.78, 5) is 13.2. The van der Waals surface area contributed by atoms with Gasteiger partial charge in [-0.05, 0) is 42.0 Å². The van der Waals surface area contributed by atoms with Crippen molar-refractivity contribution >= 4 is 80.9 Å². The molecule has 1 amide bonds. The first kappa shape index (κ1) is 24.6. The summed E-state index contributed by atoms with van der Waals surface area (Å²) in [6.07, 6.45) is 0.388. The summed E-state index contributed by atoms with van der Waals surface area (Å²) in [5.74, 6) is -0.403. The smallest absolute Gasteiger partial charge is 0.268 e. The van der Waals surface area contributed by atoms with Gasteiger partial charge in [0.05, 0.1) is 33.0 Å². The summed E-state index contributed by atoms with van der Waals surface area (Å²) in [6.45, 7) is 0. The lowest BCUT2D eigenvalue weighted by atomic mass is 10.1. The molecule has 0 aliphatic rings. The van der Waals surface area contributed by atoms with E-state index in [1.54, 1.807) is 12.1 Å². The number of amides is 1. The number of nitrogens with zero attached hydrogens (tertiary/aromatic N) is 3. The lowest BCUT2D eigenvalue weighted by Gasteiger charge is -2.21. The Kier molecular flexibility index (Phi) is 7.82. The third kappa shape index (κ3) is 5.57. The van der Waals surface area contributed by atoms with Gasteiger partial charge in [-0.25, -0.2) is 8.51 Å². The van der Waals surface area contributed by atoms with Crippen molar-refractivity contribution in [2.45, 2.75) is 6.42 Å². The molecule has 0 saturated heterocycles. The fourth-order valence-corrected chi connectivity index (χ4v) is 4.86. The lowest BCUT2D eigenvalue weighted by molar-refractivity contribution is 0.102. The van der Waals surface area contributed by atoms with E-state index in [4.69, 9.17) is 34.8 Å². The predicted octanol–water partition coefficient (Wildman–Crippen LogP) is 6.62. The van der Waals surface area contributed by atoms with Crippen LogP contribution in [0.1, 0.15) is 21.6 Å². The molecule has 1 aromatic heterocycles. The Morgan fingerprint density at radius 2 is 1.76 bits per heavy atom. The van der Waals surface area contributed by atoms with E-state index in [0.29, 0.717) is 22.8 Å². The minimum atomic E-state index is -2.56. The molecule has 0 bridgehead atoms. The van der Waals surface area contributed by atoms with Crippen LogP contribution in [0.3, 0.4) is 0 Å². The van der Waals surface area contributed by atoms with Crippen LogP contribution < -0.4 is 9.62 Å². The average molecular weight is 554 g/mol. The van der Waals surface area contributed by atoms with Crippen molar-refractivity contribution < 1.29 is 13.6 Å². The molecule has 12 heteroatoms. The summed E-state index contributed by atoms with van der Waals surface area (Å²) < 4.78 is 32.3. The van der Waals surface area contributed by atoms with Crippen LogP contribution in [0.2, 0.25) is 15.1 Å². The molecule has 0 aliphatic carbocycles. The van der Waals surface area contributed by atoms with Crippen LogP contribution in [-0.4, -0.2) is 23.4 Å². The molecule has 0 aliphatic heterocycles. The molecule has 1 heterocycles. The SMILES string of the molecule is O=C(Nc1ccc(Cl)c(Cl)c1)c1cc(Cl)ccc1N(c1nsnc1Cc1ccccc1)S(=O)O. The summed E-state index contributed by atoms with van der Waals surface area (Å²) in [5.41, 5.74) is 2.02. The topological polar surface area (TPSA) is 95.4 Å². The van der Waals surface area contributed by atoms with Gasteiger partial charge in [-0.15, -0.1) is 0 Å². The molecule has 7 nitrogen and oxygen atoms in total. The zero-order valence-electron chi connectivity index (χ0n) is 17.1. The number of hydrogen-bond donors (Lipinski definition) is 2. The first-order valence-electron chi connectivity index (χ1n) is 9.66. The molecule has 2 N–H and O–H groups in total. The Hall–Kier alpha value is -2.53. The first-order chi connectivity index (χ1) is 16.3. The van der Waals surface area contributed by atoms with Crippen molar-refractivity contribution in [3.63, 3.8) is 0 Å². The zero-order chi connectivity index (χ0) is 24.2. The molecule has 1 atom stereocenters. The maximum absolute atomic E-state index is 13.2. The molecule has 0 radical (unpaired) electrons. The highest BCUT2D eigenvalue weighted by Crippen LogP contribution is 2.34. The number of nitrogens with one attached hydrogen (secondary N) is 1.